The molecule has 0 atom stereocenters. The Bertz CT molecular complexity index is 745. The van der Waals surface area contributed by atoms with Crippen LogP contribution in [-0.2, 0) is 11.2 Å². The summed E-state index contributed by atoms with van der Waals surface area (Å²) in [6, 6.07) is 12.7. The van der Waals surface area contributed by atoms with Crippen molar-refractivity contribution in [2.45, 2.75) is 26.2 Å². The number of carbonyl (C=O) groups excluding carboxylic acids is 1. The predicted molar refractivity (Wildman–Crippen MR) is 104 cm³/mol. The maximum Gasteiger partial charge on any atom is 0.244 e. The molecule has 0 unspecified atom stereocenters. The van der Waals surface area contributed by atoms with Crippen molar-refractivity contribution < 1.29 is 14.3 Å². The molecule has 2 aromatic rings. The molecule has 6 heteroatoms. The highest BCUT2D eigenvalue weighted by Gasteiger charge is 2.08. The maximum atomic E-state index is 12.0. The van der Waals surface area contributed by atoms with Gasteiger partial charge in [0.1, 0.15) is 11.5 Å². The molecule has 0 aliphatic rings. The molecule has 2 rings (SSSR count). The lowest BCUT2D eigenvalue weighted by Crippen LogP contribution is -2.20. The van der Waals surface area contributed by atoms with E-state index in [0.29, 0.717) is 22.9 Å². The van der Waals surface area contributed by atoms with Crippen LogP contribution >= 0.6 is 11.6 Å². The molecule has 138 valence electrons. The standard InChI is InChI=1S/C20H23ClN2O3/c1-3-4-11-26-17-7-5-15(6-8-17)14-22-23-20(24)13-16-12-18(25-2)9-10-19(16)21/h5-10,12,14H,3-4,11,13H2,1-2H3,(H,23,24)/b22-14+. The van der Waals surface area contributed by atoms with Gasteiger partial charge in [0.25, 0.3) is 0 Å². The molecule has 1 N–H and O–H groups in total. The van der Waals surface area contributed by atoms with Crippen LogP contribution in [0.15, 0.2) is 47.6 Å². The topological polar surface area (TPSA) is 59.9 Å². The Morgan fingerprint density at radius 2 is 1.92 bits per heavy atom. The van der Waals surface area contributed by atoms with Gasteiger partial charge in [-0.3, -0.25) is 4.79 Å². The van der Waals surface area contributed by atoms with Gasteiger partial charge >= 0.3 is 0 Å². The number of nitrogens with zero attached hydrogens (tertiary/aromatic N) is 1. The fourth-order valence-corrected chi connectivity index (χ4v) is 2.37. The number of carbonyl (C=O) groups is 1. The first-order valence-corrected chi connectivity index (χ1v) is 8.87. The van der Waals surface area contributed by atoms with Gasteiger partial charge in [0.05, 0.1) is 26.4 Å². The minimum Gasteiger partial charge on any atom is -0.497 e. The number of hydrogen-bond acceptors (Lipinski definition) is 4. The van der Waals surface area contributed by atoms with Crippen LogP contribution in [0.2, 0.25) is 5.02 Å². The minimum absolute atomic E-state index is 0.123. The summed E-state index contributed by atoms with van der Waals surface area (Å²) < 4.78 is 10.7. The van der Waals surface area contributed by atoms with E-state index in [1.165, 1.54) is 0 Å². The summed E-state index contributed by atoms with van der Waals surface area (Å²) in [7, 11) is 1.57. The van der Waals surface area contributed by atoms with Gasteiger partial charge in [-0.15, -0.1) is 0 Å². The Balaban J connectivity index is 1.85. The summed E-state index contributed by atoms with van der Waals surface area (Å²) in [6.45, 7) is 2.84. The third-order valence-electron chi connectivity index (χ3n) is 3.65. The van der Waals surface area contributed by atoms with Gasteiger partial charge in [-0.2, -0.15) is 5.10 Å². The van der Waals surface area contributed by atoms with E-state index >= 15 is 0 Å². The van der Waals surface area contributed by atoms with Crippen LogP contribution in [0.25, 0.3) is 0 Å². The van der Waals surface area contributed by atoms with Crippen LogP contribution in [0.5, 0.6) is 11.5 Å². The summed E-state index contributed by atoms with van der Waals surface area (Å²) in [5, 5.41) is 4.49. The van der Waals surface area contributed by atoms with Gasteiger partial charge < -0.3 is 9.47 Å². The van der Waals surface area contributed by atoms with E-state index in [9.17, 15) is 4.79 Å². The highest BCUT2D eigenvalue weighted by atomic mass is 35.5. The molecule has 0 saturated carbocycles. The number of hydrazone groups is 1. The van der Waals surface area contributed by atoms with Crippen molar-refractivity contribution >= 4 is 23.7 Å². The second-order valence-corrected chi connectivity index (χ2v) is 6.11. The van der Waals surface area contributed by atoms with Gasteiger partial charge in [-0.05, 0) is 60.0 Å². The first kappa shape index (κ1) is 19.8. The van der Waals surface area contributed by atoms with Gasteiger partial charge in [0.2, 0.25) is 5.91 Å². The molecule has 0 fully saturated rings. The molecule has 0 saturated heterocycles. The van der Waals surface area contributed by atoms with E-state index in [-0.39, 0.29) is 12.3 Å². The molecule has 0 aliphatic heterocycles. The summed E-state index contributed by atoms with van der Waals surface area (Å²) in [4.78, 5) is 12.0. The van der Waals surface area contributed by atoms with Crippen LogP contribution in [0, 0.1) is 0 Å². The lowest BCUT2D eigenvalue weighted by atomic mass is 10.1. The van der Waals surface area contributed by atoms with Crippen molar-refractivity contribution in [3.8, 4) is 11.5 Å². The molecule has 0 spiro atoms. The molecule has 5 nitrogen and oxygen atoms in total. The van der Waals surface area contributed by atoms with E-state index in [1.807, 2.05) is 24.3 Å². The van der Waals surface area contributed by atoms with Crippen LogP contribution in [0.3, 0.4) is 0 Å². The smallest absolute Gasteiger partial charge is 0.244 e. The molecule has 1 amide bonds. The van der Waals surface area contributed by atoms with Crippen molar-refractivity contribution in [2.24, 2.45) is 5.10 Å². The first-order valence-electron chi connectivity index (χ1n) is 8.49. The van der Waals surface area contributed by atoms with E-state index in [1.54, 1.807) is 31.5 Å². The molecule has 2 aromatic carbocycles. The molecule has 0 heterocycles. The van der Waals surface area contributed by atoms with Gasteiger partial charge in [-0.25, -0.2) is 5.43 Å². The van der Waals surface area contributed by atoms with E-state index < -0.39 is 0 Å². The minimum atomic E-state index is -0.254. The molecular weight excluding hydrogens is 352 g/mol. The number of benzene rings is 2. The van der Waals surface area contributed by atoms with Crippen molar-refractivity contribution in [1.29, 1.82) is 0 Å². The first-order chi connectivity index (χ1) is 12.6. The van der Waals surface area contributed by atoms with Crippen molar-refractivity contribution in [1.82, 2.24) is 5.43 Å². The fraction of sp³-hybridized carbons (Fsp3) is 0.300. The number of unbranched alkanes of at least 4 members (excludes halogenated alkanes) is 1. The molecule has 26 heavy (non-hydrogen) atoms. The molecular formula is C20H23ClN2O3. The Labute approximate surface area is 159 Å². The van der Waals surface area contributed by atoms with Gasteiger partial charge in [-0.1, -0.05) is 24.9 Å². The Morgan fingerprint density at radius 1 is 1.19 bits per heavy atom. The third-order valence-corrected chi connectivity index (χ3v) is 4.02. The quantitative estimate of drug-likeness (QED) is 0.406. The van der Waals surface area contributed by atoms with Gasteiger partial charge in [0.15, 0.2) is 0 Å². The second kappa shape index (κ2) is 10.5. The van der Waals surface area contributed by atoms with Crippen molar-refractivity contribution in [2.75, 3.05) is 13.7 Å². The molecule has 0 aliphatic carbocycles. The number of nitrogens with one attached hydrogen (secondary N) is 1. The highest BCUT2D eigenvalue weighted by Crippen LogP contribution is 2.22. The summed E-state index contributed by atoms with van der Waals surface area (Å²) in [5.41, 5.74) is 4.06. The zero-order valence-electron chi connectivity index (χ0n) is 15.0. The predicted octanol–water partition coefficient (Wildman–Crippen LogP) is 4.22. The monoisotopic (exact) mass is 374 g/mol. The van der Waals surface area contributed by atoms with Crippen LogP contribution in [0.1, 0.15) is 30.9 Å². The lowest BCUT2D eigenvalue weighted by Gasteiger charge is -2.06. The molecule has 0 radical (unpaired) electrons. The zero-order valence-corrected chi connectivity index (χ0v) is 15.8. The SMILES string of the molecule is CCCCOc1ccc(/C=N/NC(=O)Cc2cc(OC)ccc2Cl)cc1. The number of hydrogen-bond donors (Lipinski definition) is 1. The zero-order chi connectivity index (χ0) is 18.8. The summed E-state index contributed by atoms with van der Waals surface area (Å²) in [6.07, 6.45) is 3.84. The van der Waals surface area contributed by atoms with Gasteiger partial charge in [0, 0.05) is 5.02 Å². The average molecular weight is 375 g/mol. The highest BCUT2D eigenvalue weighted by molar-refractivity contribution is 6.31. The van der Waals surface area contributed by atoms with Crippen molar-refractivity contribution in [3.05, 3.63) is 58.6 Å². The number of amides is 1. The van der Waals surface area contributed by atoms with E-state index in [0.717, 1.165) is 24.2 Å². The van der Waals surface area contributed by atoms with E-state index in [4.69, 9.17) is 21.1 Å². The number of ether oxygens (including phenoxy) is 2. The largest absolute Gasteiger partial charge is 0.497 e. The van der Waals surface area contributed by atoms with Crippen molar-refractivity contribution in [3.63, 3.8) is 0 Å². The van der Waals surface area contributed by atoms with E-state index in [2.05, 4.69) is 17.5 Å². The maximum absolute atomic E-state index is 12.0. The average Bonchev–Trinajstić information content (AvgIpc) is 2.65. The fourth-order valence-electron chi connectivity index (χ4n) is 2.19. The van der Waals surface area contributed by atoms with Crippen LogP contribution in [0.4, 0.5) is 0 Å². The summed E-state index contributed by atoms with van der Waals surface area (Å²) in [5.74, 6) is 1.23. The normalized spacial score (nSPS) is 10.7. The second-order valence-electron chi connectivity index (χ2n) is 5.70. The third kappa shape index (κ3) is 6.41. The van der Waals surface area contributed by atoms with Crippen LogP contribution in [-0.4, -0.2) is 25.8 Å². The number of halogens is 1. The Morgan fingerprint density at radius 3 is 2.62 bits per heavy atom. The Hall–Kier alpha value is -2.53. The van der Waals surface area contributed by atoms with Crippen LogP contribution < -0.4 is 14.9 Å². The molecule has 0 aromatic heterocycles. The molecule has 0 bridgehead atoms. The summed E-state index contributed by atoms with van der Waals surface area (Å²) >= 11 is 6.10. The Kier molecular flexibility index (Phi) is 7.96. The number of rotatable bonds is 9. The lowest BCUT2D eigenvalue weighted by molar-refractivity contribution is -0.120. The number of methoxy groups -OCH3 is 1.